The van der Waals surface area contributed by atoms with Crippen LogP contribution in [0.1, 0.15) is 58.8 Å². The lowest BCUT2D eigenvalue weighted by atomic mass is 9.83. The van der Waals surface area contributed by atoms with Crippen LogP contribution in [0.25, 0.3) is 0 Å². The molecule has 1 heterocycles. The number of piperazine rings is 1. The molecule has 1 aliphatic carbocycles. The van der Waals surface area contributed by atoms with Crippen LogP contribution in [0.5, 0.6) is 0 Å². The van der Waals surface area contributed by atoms with Crippen LogP contribution >= 0.6 is 0 Å². The van der Waals surface area contributed by atoms with E-state index in [1.54, 1.807) is 0 Å². The highest BCUT2D eigenvalue weighted by molar-refractivity contribution is 4.87. The molecule has 2 heteroatoms. The maximum atomic E-state index is 3.78. The molecule has 0 aromatic heterocycles. The molecule has 17 heavy (non-hydrogen) atoms. The first-order chi connectivity index (χ1) is 8.35. The minimum Gasteiger partial charge on any atom is -0.311 e. The van der Waals surface area contributed by atoms with Crippen molar-refractivity contribution < 1.29 is 0 Å². The van der Waals surface area contributed by atoms with Crippen LogP contribution < -0.4 is 5.32 Å². The Kier molecular flexibility index (Phi) is 5.30. The van der Waals surface area contributed by atoms with E-state index in [0.717, 1.165) is 18.0 Å². The quantitative estimate of drug-likeness (QED) is 0.810. The van der Waals surface area contributed by atoms with Gasteiger partial charge in [-0.1, -0.05) is 33.1 Å². The molecule has 0 aromatic rings. The zero-order valence-electron chi connectivity index (χ0n) is 11.8. The Morgan fingerprint density at radius 3 is 2.47 bits per heavy atom. The molecule has 1 N–H and O–H groups in total. The molecule has 1 saturated heterocycles. The predicted octanol–water partition coefficient (Wildman–Crippen LogP) is 3.03. The highest BCUT2D eigenvalue weighted by Crippen LogP contribution is 2.28. The summed E-state index contributed by atoms with van der Waals surface area (Å²) in [6.07, 6.45) is 9.96. The largest absolute Gasteiger partial charge is 0.311 e. The van der Waals surface area contributed by atoms with Gasteiger partial charge in [-0.15, -0.1) is 0 Å². The molecule has 2 aliphatic rings. The fourth-order valence-corrected chi connectivity index (χ4v) is 3.79. The molecule has 1 aliphatic heterocycles. The topological polar surface area (TPSA) is 15.3 Å². The van der Waals surface area contributed by atoms with Crippen molar-refractivity contribution in [3.05, 3.63) is 0 Å². The van der Waals surface area contributed by atoms with E-state index in [-0.39, 0.29) is 0 Å². The third-order valence-electron chi connectivity index (χ3n) is 4.91. The second-order valence-corrected chi connectivity index (χ2v) is 5.92. The van der Waals surface area contributed by atoms with Gasteiger partial charge < -0.3 is 5.32 Å². The Labute approximate surface area is 107 Å². The summed E-state index contributed by atoms with van der Waals surface area (Å²) in [4.78, 5) is 2.75. The Bertz CT molecular complexity index is 207. The van der Waals surface area contributed by atoms with Crippen molar-refractivity contribution in [3.63, 3.8) is 0 Å². The Morgan fingerprint density at radius 2 is 1.82 bits per heavy atom. The van der Waals surface area contributed by atoms with Gasteiger partial charge in [-0.25, -0.2) is 0 Å². The van der Waals surface area contributed by atoms with Crippen molar-refractivity contribution >= 4 is 0 Å². The highest BCUT2D eigenvalue weighted by Gasteiger charge is 2.29. The van der Waals surface area contributed by atoms with Crippen LogP contribution in [0.3, 0.4) is 0 Å². The Hall–Kier alpha value is -0.0800. The molecule has 0 spiro atoms. The summed E-state index contributed by atoms with van der Waals surface area (Å²) in [5.74, 6) is 0.959. The average Bonchev–Trinajstić information content (AvgIpc) is 2.42. The molecule has 2 fully saturated rings. The summed E-state index contributed by atoms with van der Waals surface area (Å²) >= 11 is 0. The zero-order valence-corrected chi connectivity index (χ0v) is 11.8. The van der Waals surface area contributed by atoms with Crippen molar-refractivity contribution in [2.45, 2.75) is 70.9 Å². The summed E-state index contributed by atoms with van der Waals surface area (Å²) in [6, 6.07) is 1.60. The van der Waals surface area contributed by atoms with Crippen LogP contribution in [0.2, 0.25) is 0 Å². The number of nitrogens with zero attached hydrogens (tertiary/aromatic N) is 1. The minimum atomic E-state index is 0.782. The van der Waals surface area contributed by atoms with Crippen molar-refractivity contribution in [2.75, 3.05) is 19.6 Å². The molecule has 1 saturated carbocycles. The average molecular weight is 238 g/mol. The van der Waals surface area contributed by atoms with Gasteiger partial charge in [0.2, 0.25) is 0 Å². The van der Waals surface area contributed by atoms with Gasteiger partial charge in [0, 0.05) is 31.7 Å². The zero-order chi connectivity index (χ0) is 12.1. The van der Waals surface area contributed by atoms with Crippen LogP contribution in [0, 0.1) is 5.92 Å². The number of hydrogen-bond acceptors (Lipinski definition) is 2. The summed E-state index contributed by atoms with van der Waals surface area (Å²) in [7, 11) is 0. The predicted molar refractivity (Wildman–Crippen MR) is 74.3 cm³/mol. The second kappa shape index (κ2) is 6.75. The maximum Gasteiger partial charge on any atom is 0.0223 e. The fourth-order valence-electron chi connectivity index (χ4n) is 3.79. The van der Waals surface area contributed by atoms with E-state index in [1.165, 1.54) is 64.6 Å². The third-order valence-corrected chi connectivity index (χ3v) is 4.91. The monoisotopic (exact) mass is 238 g/mol. The van der Waals surface area contributed by atoms with Crippen LogP contribution in [0.15, 0.2) is 0 Å². The van der Waals surface area contributed by atoms with E-state index in [1.807, 2.05) is 0 Å². The Balaban J connectivity index is 1.87. The molecular formula is C15H30N2. The van der Waals surface area contributed by atoms with E-state index in [0.29, 0.717) is 0 Å². The standard InChI is InChI=1S/C15H30N2/c1-3-14(4-2)17-11-10-16-15(12-17)13-8-6-5-7-9-13/h13-16H,3-12H2,1-2H3. The molecular weight excluding hydrogens is 208 g/mol. The lowest BCUT2D eigenvalue weighted by molar-refractivity contribution is 0.103. The molecule has 1 atom stereocenters. The minimum absolute atomic E-state index is 0.782. The molecule has 1 unspecified atom stereocenters. The highest BCUT2D eigenvalue weighted by atomic mass is 15.2. The summed E-state index contributed by atoms with van der Waals surface area (Å²) < 4.78 is 0. The van der Waals surface area contributed by atoms with Gasteiger partial charge >= 0.3 is 0 Å². The van der Waals surface area contributed by atoms with Gasteiger partial charge in [0.15, 0.2) is 0 Å². The second-order valence-electron chi connectivity index (χ2n) is 5.92. The van der Waals surface area contributed by atoms with Crippen molar-refractivity contribution in [3.8, 4) is 0 Å². The maximum absolute atomic E-state index is 3.78. The van der Waals surface area contributed by atoms with Crippen molar-refractivity contribution in [2.24, 2.45) is 5.92 Å². The molecule has 0 radical (unpaired) electrons. The van der Waals surface area contributed by atoms with Crippen molar-refractivity contribution in [1.82, 2.24) is 10.2 Å². The first-order valence-electron chi connectivity index (χ1n) is 7.82. The van der Waals surface area contributed by atoms with Crippen LogP contribution in [0.4, 0.5) is 0 Å². The SMILES string of the molecule is CCC(CC)N1CCNC(C2CCCCC2)C1. The van der Waals surface area contributed by atoms with Crippen LogP contribution in [-0.2, 0) is 0 Å². The van der Waals surface area contributed by atoms with E-state index >= 15 is 0 Å². The smallest absolute Gasteiger partial charge is 0.0223 e. The van der Waals surface area contributed by atoms with E-state index < -0.39 is 0 Å². The van der Waals surface area contributed by atoms with E-state index in [4.69, 9.17) is 0 Å². The lowest BCUT2D eigenvalue weighted by Crippen LogP contribution is -2.56. The normalized spacial score (nSPS) is 28.8. The van der Waals surface area contributed by atoms with Gasteiger partial charge in [0.25, 0.3) is 0 Å². The van der Waals surface area contributed by atoms with E-state index in [9.17, 15) is 0 Å². The lowest BCUT2D eigenvalue weighted by Gasteiger charge is -2.42. The van der Waals surface area contributed by atoms with Crippen LogP contribution in [-0.4, -0.2) is 36.6 Å². The van der Waals surface area contributed by atoms with Gasteiger partial charge in [-0.2, -0.15) is 0 Å². The fraction of sp³-hybridized carbons (Fsp3) is 1.00. The first-order valence-corrected chi connectivity index (χ1v) is 7.82. The molecule has 0 aromatic carbocycles. The van der Waals surface area contributed by atoms with E-state index in [2.05, 4.69) is 24.1 Å². The van der Waals surface area contributed by atoms with Gasteiger partial charge in [0.05, 0.1) is 0 Å². The van der Waals surface area contributed by atoms with Gasteiger partial charge in [-0.05, 0) is 31.6 Å². The first kappa shape index (κ1) is 13.4. The molecule has 100 valence electrons. The Morgan fingerprint density at radius 1 is 1.12 bits per heavy atom. The van der Waals surface area contributed by atoms with Gasteiger partial charge in [-0.3, -0.25) is 4.90 Å². The van der Waals surface area contributed by atoms with Crippen molar-refractivity contribution in [1.29, 1.82) is 0 Å². The summed E-state index contributed by atoms with van der Waals surface area (Å²) in [5.41, 5.74) is 0. The van der Waals surface area contributed by atoms with Gasteiger partial charge in [0.1, 0.15) is 0 Å². The molecule has 0 bridgehead atoms. The number of rotatable bonds is 4. The molecule has 2 rings (SSSR count). The third kappa shape index (κ3) is 3.45. The number of hydrogen-bond donors (Lipinski definition) is 1. The molecule has 2 nitrogen and oxygen atoms in total. The summed E-state index contributed by atoms with van der Waals surface area (Å²) in [5, 5.41) is 3.78. The summed E-state index contributed by atoms with van der Waals surface area (Å²) in [6.45, 7) is 8.45. The molecule has 0 amide bonds. The number of nitrogens with one attached hydrogen (secondary N) is 1.